The first-order valence-corrected chi connectivity index (χ1v) is 4.86. The van der Waals surface area contributed by atoms with Crippen LogP contribution in [0.4, 0.5) is 0 Å². The number of aryl methyl sites for hydroxylation is 2. The van der Waals surface area contributed by atoms with Crippen molar-refractivity contribution in [1.29, 1.82) is 0 Å². The fourth-order valence-corrected chi connectivity index (χ4v) is 1.91. The predicted octanol–water partition coefficient (Wildman–Crippen LogP) is 1.87. The number of hydrogen-bond donors (Lipinski definition) is 2. The average molecular weight is 217 g/mol. The standard InChI is InChI=1S/C12H11NO3/c1-6-3-9-11(7(2)12(6)16)8(4-13-9)10(15)5-14/h3-5,13,16H,1-2H3. The molecule has 0 bridgehead atoms. The van der Waals surface area contributed by atoms with Crippen molar-refractivity contribution < 1.29 is 14.7 Å². The van der Waals surface area contributed by atoms with E-state index in [1.807, 2.05) is 0 Å². The number of benzene rings is 1. The largest absolute Gasteiger partial charge is 0.507 e. The maximum atomic E-state index is 11.4. The van der Waals surface area contributed by atoms with Gasteiger partial charge in [-0.25, -0.2) is 0 Å². The number of aromatic hydroxyl groups is 1. The maximum absolute atomic E-state index is 11.4. The molecule has 0 spiro atoms. The Bertz CT molecular complexity index is 596. The van der Waals surface area contributed by atoms with Crippen molar-refractivity contribution in [3.8, 4) is 5.75 Å². The highest BCUT2D eigenvalue weighted by Crippen LogP contribution is 2.31. The number of H-pyrrole nitrogens is 1. The van der Waals surface area contributed by atoms with Gasteiger partial charge in [-0.05, 0) is 25.5 Å². The van der Waals surface area contributed by atoms with Gasteiger partial charge in [0.15, 0.2) is 6.29 Å². The first-order chi connectivity index (χ1) is 7.56. The zero-order chi connectivity index (χ0) is 11.9. The minimum atomic E-state index is -0.586. The monoisotopic (exact) mass is 217 g/mol. The Labute approximate surface area is 91.9 Å². The summed E-state index contributed by atoms with van der Waals surface area (Å²) in [6.45, 7) is 3.50. The summed E-state index contributed by atoms with van der Waals surface area (Å²) in [4.78, 5) is 24.8. The van der Waals surface area contributed by atoms with Crippen LogP contribution in [0.15, 0.2) is 12.3 Å². The van der Waals surface area contributed by atoms with Gasteiger partial charge in [0, 0.05) is 22.7 Å². The van der Waals surface area contributed by atoms with Gasteiger partial charge >= 0.3 is 0 Å². The highest BCUT2D eigenvalue weighted by molar-refractivity contribution is 6.36. The third-order valence-electron chi connectivity index (χ3n) is 2.75. The molecule has 0 saturated heterocycles. The van der Waals surface area contributed by atoms with Crippen LogP contribution in [0.5, 0.6) is 5.75 Å². The summed E-state index contributed by atoms with van der Waals surface area (Å²) in [5, 5.41) is 10.4. The van der Waals surface area contributed by atoms with Gasteiger partial charge in [-0.15, -0.1) is 0 Å². The van der Waals surface area contributed by atoms with Crippen molar-refractivity contribution in [2.45, 2.75) is 13.8 Å². The van der Waals surface area contributed by atoms with Gasteiger partial charge in [-0.2, -0.15) is 0 Å². The molecule has 0 aliphatic rings. The van der Waals surface area contributed by atoms with Crippen LogP contribution in [0.2, 0.25) is 0 Å². The molecule has 1 aromatic heterocycles. The number of hydrogen-bond acceptors (Lipinski definition) is 3. The highest BCUT2D eigenvalue weighted by atomic mass is 16.3. The van der Waals surface area contributed by atoms with E-state index in [1.54, 1.807) is 19.9 Å². The van der Waals surface area contributed by atoms with E-state index in [-0.39, 0.29) is 12.0 Å². The number of carbonyl (C=O) groups excluding carboxylic acids is 2. The summed E-state index contributed by atoms with van der Waals surface area (Å²) >= 11 is 0. The second-order valence-corrected chi connectivity index (χ2v) is 3.77. The SMILES string of the molecule is Cc1cc2[nH]cc(C(=O)C=O)c2c(C)c1O. The average Bonchev–Trinajstić information content (AvgIpc) is 2.68. The number of fused-ring (bicyclic) bond motifs is 1. The summed E-state index contributed by atoms with van der Waals surface area (Å²) < 4.78 is 0. The topological polar surface area (TPSA) is 70.2 Å². The number of ketones is 1. The number of rotatable bonds is 2. The van der Waals surface area contributed by atoms with E-state index in [2.05, 4.69) is 4.98 Å². The molecule has 0 unspecified atom stereocenters. The molecule has 0 aliphatic carbocycles. The Morgan fingerprint density at radius 1 is 1.44 bits per heavy atom. The van der Waals surface area contributed by atoms with Crippen molar-refractivity contribution in [1.82, 2.24) is 4.98 Å². The molecule has 0 atom stereocenters. The molecule has 0 saturated carbocycles. The lowest BCUT2D eigenvalue weighted by Gasteiger charge is -2.05. The van der Waals surface area contributed by atoms with Gasteiger partial charge in [0.1, 0.15) is 5.75 Å². The third-order valence-corrected chi connectivity index (χ3v) is 2.75. The number of phenols is 1. The van der Waals surface area contributed by atoms with E-state index in [0.717, 1.165) is 11.1 Å². The summed E-state index contributed by atoms with van der Waals surface area (Å²) in [6, 6.07) is 1.75. The van der Waals surface area contributed by atoms with Gasteiger partial charge in [0.25, 0.3) is 0 Å². The number of carbonyl (C=O) groups is 2. The van der Waals surface area contributed by atoms with E-state index >= 15 is 0 Å². The van der Waals surface area contributed by atoms with Gasteiger partial charge in [0.2, 0.25) is 5.78 Å². The van der Waals surface area contributed by atoms with Crippen LogP contribution in [0, 0.1) is 13.8 Å². The lowest BCUT2D eigenvalue weighted by atomic mass is 10.0. The Hall–Kier alpha value is -2.10. The third kappa shape index (κ3) is 1.31. The lowest BCUT2D eigenvalue weighted by Crippen LogP contribution is -1.99. The number of aldehydes is 1. The number of nitrogens with one attached hydrogen (secondary N) is 1. The molecular weight excluding hydrogens is 206 g/mol. The second-order valence-electron chi connectivity index (χ2n) is 3.77. The lowest BCUT2D eigenvalue weighted by molar-refractivity contribution is -0.104. The predicted molar refractivity (Wildman–Crippen MR) is 59.8 cm³/mol. The van der Waals surface area contributed by atoms with Crippen LogP contribution < -0.4 is 0 Å². The summed E-state index contributed by atoms with van der Waals surface area (Å²) in [7, 11) is 0. The number of aromatic nitrogens is 1. The van der Waals surface area contributed by atoms with Gasteiger partial charge in [-0.3, -0.25) is 9.59 Å². The fourth-order valence-electron chi connectivity index (χ4n) is 1.91. The van der Waals surface area contributed by atoms with Crippen molar-refractivity contribution in [3.63, 3.8) is 0 Å². The number of aromatic amines is 1. The van der Waals surface area contributed by atoms with Crippen LogP contribution in [0.25, 0.3) is 10.9 Å². The van der Waals surface area contributed by atoms with E-state index in [4.69, 9.17) is 0 Å². The maximum Gasteiger partial charge on any atom is 0.227 e. The molecule has 0 amide bonds. The van der Waals surface area contributed by atoms with Crippen LogP contribution >= 0.6 is 0 Å². The van der Waals surface area contributed by atoms with Crippen LogP contribution in [-0.4, -0.2) is 22.2 Å². The second kappa shape index (κ2) is 3.48. The van der Waals surface area contributed by atoms with Crippen LogP contribution in [0.3, 0.4) is 0 Å². The zero-order valence-electron chi connectivity index (χ0n) is 9.00. The summed E-state index contributed by atoms with van der Waals surface area (Å²) in [5.74, 6) is -0.426. The van der Waals surface area contributed by atoms with Crippen molar-refractivity contribution >= 4 is 23.0 Å². The molecule has 2 N–H and O–H groups in total. The molecule has 4 heteroatoms. The number of Topliss-reactive ketones (excluding diaryl/α,β-unsaturated/α-hetero) is 1. The van der Waals surface area contributed by atoms with Gasteiger partial charge in [-0.1, -0.05) is 0 Å². The normalized spacial score (nSPS) is 10.6. The van der Waals surface area contributed by atoms with E-state index in [9.17, 15) is 14.7 Å². The molecule has 2 rings (SSSR count). The van der Waals surface area contributed by atoms with Crippen molar-refractivity contribution in [2.24, 2.45) is 0 Å². The molecular formula is C12H11NO3. The molecule has 2 aromatic rings. The Balaban J connectivity index is 2.86. The number of phenolic OH excluding ortho intramolecular Hbond substituents is 1. The zero-order valence-corrected chi connectivity index (χ0v) is 9.00. The molecule has 0 fully saturated rings. The van der Waals surface area contributed by atoms with Gasteiger partial charge in [0.05, 0.1) is 5.56 Å². The molecule has 16 heavy (non-hydrogen) atoms. The first-order valence-electron chi connectivity index (χ1n) is 4.86. The summed E-state index contributed by atoms with van der Waals surface area (Å²) in [6.07, 6.45) is 1.77. The van der Waals surface area contributed by atoms with E-state index in [0.29, 0.717) is 16.5 Å². The van der Waals surface area contributed by atoms with E-state index < -0.39 is 5.78 Å². The molecule has 1 aromatic carbocycles. The van der Waals surface area contributed by atoms with Crippen LogP contribution in [-0.2, 0) is 4.79 Å². The molecule has 1 heterocycles. The fraction of sp³-hybridized carbons (Fsp3) is 0.167. The molecule has 82 valence electrons. The Kier molecular flexibility index (Phi) is 2.27. The minimum Gasteiger partial charge on any atom is -0.507 e. The van der Waals surface area contributed by atoms with Gasteiger partial charge < -0.3 is 10.1 Å². The Morgan fingerprint density at radius 2 is 2.12 bits per heavy atom. The highest BCUT2D eigenvalue weighted by Gasteiger charge is 2.16. The minimum absolute atomic E-state index is 0.159. The molecule has 0 aliphatic heterocycles. The summed E-state index contributed by atoms with van der Waals surface area (Å²) in [5.41, 5.74) is 2.40. The molecule has 4 nitrogen and oxygen atoms in total. The van der Waals surface area contributed by atoms with Crippen LogP contribution in [0.1, 0.15) is 21.5 Å². The van der Waals surface area contributed by atoms with E-state index in [1.165, 1.54) is 6.20 Å². The first kappa shape index (κ1) is 10.4. The van der Waals surface area contributed by atoms with Crippen molar-refractivity contribution in [3.05, 3.63) is 29.0 Å². The smallest absolute Gasteiger partial charge is 0.227 e. The van der Waals surface area contributed by atoms with Crippen molar-refractivity contribution in [2.75, 3.05) is 0 Å². The molecule has 0 radical (unpaired) electrons. The quantitative estimate of drug-likeness (QED) is 0.458. The Morgan fingerprint density at radius 3 is 2.75 bits per heavy atom.